The van der Waals surface area contributed by atoms with Crippen molar-refractivity contribution in [2.45, 2.75) is 33.7 Å². The number of hydrogen-bond donors (Lipinski definition) is 1. The third kappa shape index (κ3) is 2.96. The molecule has 2 aromatic rings. The minimum Gasteiger partial charge on any atom is -0.371 e. The van der Waals surface area contributed by atoms with E-state index in [0.717, 1.165) is 13.1 Å². The first-order valence-corrected chi connectivity index (χ1v) is 7.66. The first-order valence-electron chi connectivity index (χ1n) is 7.66. The maximum atomic E-state index is 5.86. The van der Waals surface area contributed by atoms with E-state index < -0.39 is 0 Å². The van der Waals surface area contributed by atoms with Gasteiger partial charge in [-0.05, 0) is 29.9 Å². The standard InChI is InChI=1S/C18H26N2/c1-4-14(3)13-20(5-2)18-11-10-15(12-19)16-8-6-7-9-17(16)18/h6-11,14H,4-5,12-13,19H2,1-3H3. The SMILES string of the molecule is CCC(C)CN(CC)c1ccc(CN)c2ccccc12. The van der Waals surface area contributed by atoms with Gasteiger partial charge in [-0.3, -0.25) is 0 Å². The van der Waals surface area contributed by atoms with E-state index in [2.05, 4.69) is 62.1 Å². The summed E-state index contributed by atoms with van der Waals surface area (Å²) in [5, 5.41) is 2.61. The minimum absolute atomic E-state index is 0.596. The van der Waals surface area contributed by atoms with Crippen molar-refractivity contribution in [2.75, 3.05) is 18.0 Å². The van der Waals surface area contributed by atoms with E-state index in [0.29, 0.717) is 12.5 Å². The summed E-state index contributed by atoms with van der Waals surface area (Å²) in [6.45, 7) is 9.55. The molecule has 2 heteroatoms. The molecule has 0 saturated heterocycles. The molecule has 0 bridgehead atoms. The maximum Gasteiger partial charge on any atom is 0.0446 e. The molecule has 0 amide bonds. The van der Waals surface area contributed by atoms with Gasteiger partial charge in [-0.25, -0.2) is 0 Å². The lowest BCUT2D eigenvalue weighted by molar-refractivity contribution is 0.549. The van der Waals surface area contributed by atoms with Crippen molar-refractivity contribution in [2.24, 2.45) is 11.7 Å². The average Bonchev–Trinajstić information content (AvgIpc) is 2.51. The summed E-state index contributed by atoms with van der Waals surface area (Å²) >= 11 is 0. The van der Waals surface area contributed by atoms with Crippen LogP contribution in [-0.2, 0) is 6.54 Å². The predicted octanol–water partition coefficient (Wildman–Crippen LogP) is 4.17. The second-order valence-electron chi connectivity index (χ2n) is 5.55. The highest BCUT2D eigenvalue weighted by atomic mass is 15.1. The molecule has 0 aliphatic rings. The van der Waals surface area contributed by atoms with E-state index in [1.165, 1.54) is 28.4 Å². The van der Waals surface area contributed by atoms with Crippen LogP contribution in [0.3, 0.4) is 0 Å². The average molecular weight is 270 g/mol. The fourth-order valence-electron chi connectivity index (χ4n) is 2.70. The van der Waals surface area contributed by atoms with Crippen molar-refractivity contribution in [3.63, 3.8) is 0 Å². The number of nitrogens with zero attached hydrogens (tertiary/aromatic N) is 1. The zero-order valence-corrected chi connectivity index (χ0v) is 12.9. The van der Waals surface area contributed by atoms with Crippen molar-refractivity contribution in [3.05, 3.63) is 42.0 Å². The Bertz CT molecular complexity index is 562. The molecular weight excluding hydrogens is 244 g/mol. The van der Waals surface area contributed by atoms with E-state index in [1.807, 2.05) is 0 Å². The van der Waals surface area contributed by atoms with Crippen LogP contribution in [0.15, 0.2) is 36.4 Å². The summed E-state index contributed by atoms with van der Waals surface area (Å²) in [7, 11) is 0. The van der Waals surface area contributed by atoms with Gasteiger partial charge in [0.15, 0.2) is 0 Å². The first-order chi connectivity index (χ1) is 9.71. The van der Waals surface area contributed by atoms with Crippen LogP contribution in [-0.4, -0.2) is 13.1 Å². The Morgan fingerprint density at radius 2 is 1.75 bits per heavy atom. The van der Waals surface area contributed by atoms with Crippen molar-refractivity contribution in [1.82, 2.24) is 0 Å². The number of hydrogen-bond acceptors (Lipinski definition) is 2. The molecule has 20 heavy (non-hydrogen) atoms. The second-order valence-corrected chi connectivity index (χ2v) is 5.55. The van der Waals surface area contributed by atoms with Crippen LogP contribution in [0.2, 0.25) is 0 Å². The highest BCUT2D eigenvalue weighted by Crippen LogP contribution is 2.30. The lowest BCUT2D eigenvalue weighted by atomic mass is 10.0. The van der Waals surface area contributed by atoms with E-state index in [-0.39, 0.29) is 0 Å². The van der Waals surface area contributed by atoms with Gasteiger partial charge in [0, 0.05) is 30.7 Å². The number of rotatable bonds is 6. The topological polar surface area (TPSA) is 29.3 Å². The summed E-state index contributed by atoms with van der Waals surface area (Å²) in [6, 6.07) is 13.0. The van der Waals surface area contributed by atoms with Crippen molar-refractivity contribution in [3.8, 4) is 0 Å². The molecule has 0 spiro atoms. The summed E-state index contributed by atoms with van der Waals surface area (Å²) < 4.78 is 0. The Kier molecular flexibility index (Phi) is 5.02. The van der Waals surface area contributed by atoms with E-state index in [4.69, 9.17) is 5.73 Å². The zero-order valence-electron chi connectivity index (χ0n) is 12.9. The first kappa shape index (κ1) is 14.9. The van der Waals surface area contributed by atoms with Gasteiger partial charge in [0.05, 0.1) is 0 Å². The summed E-state index contributed by atoms with van der Waals surface area (Å²) in [5.74, 6) is 0.711. The summed E-state index contributed by atoms with van der Waals surface area (Å²) in [6.07, 6.45) is 1.22. The van der Waals surface area contributed by atoms with E-state index in [1.54, 1.807) is 0 Å². The molecule has 2 N–H and O–H groups in total. The predicted molar refractivity (Wildman–Crippen MR) is 89.2 cm³/mol. The second kappa shape index (κ2) is 6.76. The van der Waals surface area contributed by atoms with Crippen molar-refractivity contribution in [1.29, 1.82) is 0 Å². The highest BCUT2D eigenvalue weighted by Gasteiger charge is 2.12. The number of benzene rings is 2. The van der Waals surface area contributed by atoms with Gasteiger partial charge in [0.2, 0.25) is 0 Å². The fraction of sp³-hybridized carbons (Fsp3) is 0.444. The lowest BCUT2D eigenvalue weighted by Crippen LogP contribution is -2.28. The van der Waals surface area contributed by atoms with Crippen LogP contribution >= 0.6 is 0 Å². The zero-order chi connectivity index (χ0) is 14.5. The molecule has 1 unspecified atom stereocenters. The van der Waals surface area contributed by atoms with Gasteiger partial charge in [0.1, 0.15) is 0 Å². The van der Waals surface area contributed by atoms with Crippen LogP contribution in [0.1, 0.15) is 32.8 Å². The van der Waals surface area contributed by atoms with Crippen LogP contribution in [0.25, 0.3) is 10.8 Å². The van der Waals surface area contributed by atoms with Gasteiger partial charge >= 0.3 is 0 Å². The minimum atomic E-state index is 0.596. The molecule has 0 saturated carbocycles. The quantitative estimate of drug-likeness (QED) is 0.853. The van der Waals surface area contributed by atoms with Crippen LogP contribution in [0, 0.1) is 5.92 Å². The van der Waals surface area contributed by atoms with Gasteiger partial charge in [0.25, 0.3) is 0 Å². The van der Waals surface area contributed by atoms with E-state index >= 15 is 0 Å². The maximum absolute atomic E-state index is 5.86. The van der Waals surface area contributed by atoms with Crippen LogP contribution in [0.5, 0.6) is 0 Å². The monoisotopic (exact) mass is 270 g/mol. The van der Waals surface area contributed by atoms with E-state index in [9.17, 15) is 0 Å². The Hall–Kier alpha value is -1.54. The number of nitrogens with two attached hydrogens (primary N) is 1. The molecule has 0 aliphatic carbocycles. The fourth-order valence-corrected chi connectivity index (χ4v) is 2.70. The summed E-state index contributed by atoms with van der Waals surface area (Å²) in [5.41, 5.74) is 8.42. The van der Waals surface area contributed by atoms with Gasteiger partial charge < -0.3 is 10.6 Å². The lowest BCUT2D eigenvalue weighted by Gasteiger charge is -2.28. The molecule has 0 radical (unpaired) electrons. The molecule has 0 aliphatic heterocycles. The molecule has 0 heterocycles. The highest BCUT2D eigenvalue weighted by molar-refractivity contribution is 5.96. The Labute approximate surface area is 122 Å². The Morgan fingerprint density at radius 1 is 1.05 bits per heavy atom. The van der Waals surface area contributed by atoms with Crippen LogP contribution in [0.4, 0.5) is 5.69 Å². The van der Waals surface area contributed by atoms with Crippen molar-refractivity contribution < 1.29 is 0 Å². The van der Waals surface area contributed by atoms with Gasteiger partial charge in [-0.1, -0.05) is 50.6 Å². The molecule has 108 valence electrons. The molecule has 2 rings (SSSR count). The van der Waals surface area contributed by atoms with Crippen molar-refractivity contribution >= 4 is 16.5 Å². The molecule has 0 fully saturated rings. The normalized spacial score (nSPS) is 12.6. The smallest absolute Gasteiger partial charge is 0.0446 e. The molecule has 2 aromatic carbocycles. The third-order valence-electron chi connectivity index (χ3n) is 4.16. The molecule has 1 atom stereocenters. The number of anilines is 1. The number of fused-ring (bicyclic) bond motifs is 1. The van der Waals surface area contributed by atoms with Crippen LogP contribution < -0.4 is 10.6 Å². The Morgan fingerprint density at radius 3 is 2.35 bits per heavy atom. The Balaban J connectivity index is 2.48. The molecule has 2 nitrogen and oxygen atoms in total. The third-order valence-corrected chi connectivity index (χ3v) is 4.16. The van der Waals surface area contributed by atoms with Gasteiger partial charge in [-0.15, -0.1) is 0 Å². The summed E-state index contributed by atoms with van der Waals surface area (Å²) in [4.78, 5) is 2.48. The van der Waals surface area contributed by atoms with Gasteiger partial charge in [-0.2, -0.15) is 0 Å². The molecule has 0 aromatic heterocycles. The molecular formula is C18H26N2. The largest absolute Gasteiger partial charge is 0.371 e.